The Labute approximate surface area is 122 Å². The second-order valence-electron chi connectivity index (χ2n) is 4.57. The predicted molar refractivity (Wildman–Crippen MR) is 80.8 cm³/mol. The summed E-state index contributed by atoms with van der Waals surface area (Å²) in [4.78, 5) is 0. The zero-order valence-corrected chi connectivity index (χ0v) is 12.7. The molecule has 2 rings (SSSR count). The highest BCUT2D eigenvalue weighted by molar-refractivity contribution is 9.10. The molecule has 0 bridgehead atoms. The average molecular weight is 322 g/mol. The molecular weight excluding hydrogens is 305 g/mol. The molecule has 0 fully saturated rings. The van der Waals surface area contributed by atoms with Gasteiger partial charge < -0.3 is 5.32 Å². The highest BCUT2D eigenvalue weighted by Gasteiger charge is 2.16. The predicted octanol–water partition coefficient (Wildman–Crippen LogP) is 4.60. The van der Waals surface area contributed by atoms with E-state index < -0.39 is 0 Å². The van der Waals surface area contributed by atoms with Crippen molar-refractivity contribution >= 4 is 15.9 Å². The molecule has 1 nitrogen and oxygen atoms in total. The second kappa shape index (κ2) is 6.31. The van der Waals surface area contributed by atoms with Crippen molar-refractivity contribution in [3.05, 3.63) is 69.4 Å². The van der Waals surface area contributed by atoms with Gasteiger partial charge in [-0.1, -0.05) is 58.7 Å². The third-order valence-electron chi connectivity index (χ3n) is 3.09. The van der Waals surface area contributed by atoms with Crippen LogP contribution >= 0.6 is 15.9 Å². The van der Waals surface area contributed by atoms with E-state index >= 15 is 0 Å². The molecule has 3 heteroatoms. The monoisotopic (exact) mass is 321 g/mol. The summed E-state index contributed by atoms with van der Waals surface area (Å²) >= 11 is 3.29. The van der Waals surface area contributed by atoms with Gasteiger partial charge >= 0.3 is 0 Å². The molecule has 0 aliphatic heterocycles. The lowest BCUT2D eigenvalue weighted by atomic mass is 9.97. The lowest BCUT2D eigenvalue weighted by Crippen LogP contribution is -2.23. The number of aryl methyl sites for hydroxylation is 1. The van der Waals surface area contributed by atoms with Crippen molar-refractivity contribution in [3.8, 4) is 0 Å². The molecule has 0 aliphatic rings. The van der Waals surface area contributed by atoms with Crippen molar-refractivity contribution in [1.82, 2.24) is 5.32 Å². The third-order valence-corrected chi connectivity index (χ3v) is 3.59. The van der Waals surface area contributed by atoms with Gasteiger partial charge in [0, 0.05) is 10.0 Å². The summed E-state index contributed by atoms with van der Waals surface area (Å²) in [6.45, 7) is 4.86. The van der Waals surface area contributed by atoms with Crippen LogP contribution in [-0.2, 0) is 0 Å². The molecule has 100 valence electrons. The summed E-state index contributed by atoms with van der Waals surface area (Å²) in [5.41, 5.74) is 2.96. The molecule has 0 saturated carbocycles. The number of rotatable bonds is 4. The number of halogens is 2. The maximum absolute atomic E-state index is 14.1. The molecule has 0 saturated heterocycles. The minimum Gasteiger partial charge on any atom is -0.306 e. The third kappa shape index (κ3) is 3.43. The largest absolute Gasteiger partial charge is 0.306 e. The fraction of sp³-hybridized carbons (Fsp3) is 0.250. The van der Waals surface area contributed by atoms with Crippen molar-refractivity contribution in [2.45, 2.75) is 19.9 Å². The van der Waals surface area contributed by atoms with E-state index in [0.29, 0.717) is 5.56 Å². The van der Waals surface area contributed by atoms with Crippen LogP contribution in [0.15, 0.2) is 46.9 Å². The van der Waals surface area contributed by atoms with Crippen molar-refractivity contribution in [2.75, 3.05) is 6.54 Å². The van der Waals surface area contributed by atoms with Gasteiger partial charge in [0.25, 0.3) is 0 Å². The Hall–Kier alpha value is -1.19. The van der Waals surface area contributed by atoms with E-state index in [0.717, 1.165) is 16.6 Å². The van der Waals surface area contributed by atoms with E-state index in [1.807, 2.05) is 38.1 Å². The number of nitrogens with one attached hydrogen (secondary N) is 1. The zero-order valence-electron chi connectivity index (χ0n) is 11.1. The molecule has 1 unspecified atom stereocenters. The quantitative estimate of drug-likeness (QED) is 0.868. The maximum atomic E-state index is 14.1. The highest BCUT2D eigenvalue weighted by Crippen LogP contribution is 2.26. The van der Waals surface area contributed by atoms with Crippen molar-refractivity contribution in [1.29, 1.82) is 0 Å². The van der Waals surface area contributed by atoms with E-state index in [4.69, 9.17) is 0 Å². The van der Waals surface area contributed by atoms with Gasteiger partial charge in [0.2, 0.25) is 0 Å². The molecule has 1 N–H and O–H groups in total. The molecule has 2 aromatic rings. The zero-order chi connectivity index (χ0) is 13.8. The van der Waals surface area contributed by atoms with Gasteiger partial charge in [-0.25, -0.2) is 4.39 Å². The minimum atomic E-state index is -0.194. The van der Waals surface area contributed by atoms with Crippen LogP contribution in [0.5, 0.6) is 0 Å². The van der Waals surface area contributed by atoms with Crippen LogP contribution in [0.2, 0.25) is 0 Å². The van der Waals surface area contributed by atoms with Crippen LogP contribution in [0.1, 0.15) is 29.7 Å². The van der Waals surface area contributed by atoms with E-state index in [1.54, 1.807) is 0 Å². The topological polar surface area (TPSA) is 12.0 Å². The van der Waals surface area contributed by atoms with Gasteiger partial charge in [0.1, 0.15) is 5.82 Å². The lowest BCUT2D eigenvalue weighted by molar-refractivity contribution is 0.558. The molecule has 0 amide bonds. The molecule has 2 aromatic carbocycles. The van der Waals surface area contributed by atoms with E-state index in [-0.39, 0.29) is 11.9 Å². The normalized spacial score (nSPS) is 12.4. The van der Waals surface area contributed by atoms with Gasteiger partial charge in [-0.3, -0.25) is 0 Å². The van der Waals surface area contributed by atoms with Gasteiger partial charge in [0.05, 0.1) is 6.04 Å². The van der Waals surface area contributed by atoms with Crippen molar-refractivity contribution in [3.63, 3.8) is 0 Å². The van der Waals surface area contributed by atoms with Crippen LogP contribution in [0.4, 0.5) is 4.39 Å². The summed E-state index contributed by atoms with van der Waals surface area (Å²) in [6.07, 6.45) is 0. The molecule has 19 heavy (non-hydrogen) atoms. The second-order valence-corrected chi connectivity index (χ2v) is 5.48. The Bertz CT molecular complexity index is 551. The first kappa shape index (κ1) is 14.2. The Balaban J connectivity index is 2.41. The molecule has 1 atom stereocenters. The van der Waals surface area contributed by atoms with Gasteiger partial charge in [-0.05, 0) is 31.2 Å². The molecule has 0 spiro atoms. The summed E-state index contributed by atoms with van der Waals surface area (Å²) in [6, 6.07) is 13.3. The van der Waals surface area contributed by atoms with E-state index in [1.165, 1.54) is 11.6 Å². The molecule has 0 aliphatic carbocycles. The number of benzene rings is 2. The standard InChI is InChI=1S/C16H17BrFN/c1-3-19-16(12-6-4-11(2)5-7-12)14-9-8-13(17)10-15(14)18/h4-10,16,19H,3H2,1-2H3. The van der Waals surface area contributed by atoms with Gasteiger partial charge in [-0.15, -0.1) is 0 Å². The fourth-order valence-electron chi connectivity index (χ4n) is 2.11. The Kier molecular flexibility index (Phi) is 4.72. The fourth-order valence-corrected chi connectivity index (χ4v) is 2.44. The van der Waals surface area contributed by atoms with Gasteiger partial charge in [0.15, 0.2) is 0 Å². The Morgan fingerprint density at radius 2 is 1.84 bits per heavy atom. The summed E-state index contributed by atoms with van der Waals surface area (Å²) in [5, 5.41) is 3.34. The lowest BCUT2D eigenvalue weighted by Gasteiger charge is -2.20. The minimum absolute atomic E-state index is 0.112. The summed E-state index contributed by atoms with van der Waals surface area (Å²) in [5.74, 6) is -0.194. The van der Waals surface area contributed by atoms with E-state index in [9.17, 15) is 4.39 Å². The van der Waals surface area contributed by atoms with Crippen molar-refractivity contribution < 1.29 is 4.39 Å². The highest BCUT2D eigenvalue weighted by atomic mass is 79.9. The SMILES string of the molecule is CCNC(c1ccc(C)cc1)c1ccc(Br)cc1F. The van der Waals surface area contributed by atoms with E-state index in [2.05, 4.69) is 33.4 Å². The first-order chi connectivity index (χ1) is 9.11. The summed E-state index contributed by atoms with van der Waals surface area (Å²) in [7, 11) is 0. The first-order valence-electron chi connectivity index (χ1n) is 6.36. The Morgan fingerprint density at radius 3 is 2.42 bits per heavy atom. The van der Waals surface area contributed by atoms with Crippen LogP contribution in [0, 0.1) is 12.7 Å². The van der Waals surface area contributed by atoms with Crippen LogP contribution in [0.3, 0.4) is 0 Å². The van der Waals surface area contributed by atoms with Gasteiger partial charge in [-0.2, -0.15) is 0 Å². The average Bonchev–Trinajstić information content (AvgIpc) is 2.38. The Morgan fingerprint density at radius 1 is 1.16 bits per heavy atom. The first-order valence-corrected chi connectivity index (χ1v) is 7.16. The van der Waals surface area contributed by atoms with Crippen molar-refractivity contribution in [2.24, 2.45) is 0 Å². The summed E-state index contributed by atoms with van der Waals surface area (Å²) < 4.78 is 14.9. The maximum Gasteiger partial charge on any atom is 0.129 e. The molecule has 0 heterocycles. The smallest absolute Gasteiger partial charge is 0.129 e. The molecule has 0 radical (unpaired) electrons. The molecule has 0 aromatic heterocycles. The van der Waals surface area contributed by atoms with Crippen LogP contribution in [-0.4, -0.2) is 6.54 Å². The molecular formula is C16H17BrFN. The number of hydrogen-bond donors (Lipinski definition) is 1. The van der Waals surface area contributed by atoms with Crippen LogP contribution in [0.25, 0.3) is 0 Å². The van der Waals surface area contributed by atoms with Crippen LogP contribution < -0.4 is 5.32 Å². The number of hydrogen-bond acceptors (Lipinski definition) is 1.